The molecule has 0 aromatic rings. The van der Waals surface area contributed by atoms with E-state index in [0.29, 0.717) is 12.8 Å². The molecule has 0 aliphatic heterocycles. The minimum Gasteiger partial charge on any atom is -0.480 e. The van der Waals surface area contributed by atoms with Gasteiger partial charge in [0.25, 0.3) is 0 Å². The van der Waals surface area contributed by atoms with Crippen LogP contribution in [0.15, 0.2) is 0 Å². The van der Waals surface area contributed by atoms with Crippen LogP contribution in [-0.2, 0) is 14.3 Å². The molecule has 0 aromatic heterocycles. The van der Waals surface area contributed by atoms with E-state index in [1.54, 1.807) is 13.8 Å². The number of likely N-dealkylation sites (N-methyl/N-ethyl adjacent to an activating group) is 1. The number of urea groups is 1. The lowest BCUT2D eigenvalue weighted by Gasteiger charge is -2.29. The second-order valence-electron chi connectivity index (χ2n) is 4.64. The Bertz CT molecular complexity index is 359. The number of carbonyl (C=O) groups is 3. The molecule has 0 aromatic carbocycles. The smallest absolute Gasteiger partial charge is 0.329 e. The molecular weight excluding hydrogens is 264 g/mol. The van der Waals surface area contributed by atoms with Crippen molar-refractivity contribution >= 4 is 18.0 Å². The first-order valence-corrected chi connectivity index (χ1v) is 6.76. The van der Waals surface area contributed by atoms with E-state index in [-0.39, 0.29) is 19.7 Å². The summed E-state index contributed by atoms with van der Waals surface area (Å²) in [6.45, 7) is 7.00. The van der Waals surface area contributed by atoms with Crippen LogP contribution in [0.25, 0.3) is 0 Å². The van der Waals surface area contributed by atoms with Crippen molar-refractivity contribution in [1.82, 2.24) is 10.2 Å². The molecule has 7 heteroatoms. The fourth-order valence-corrected chi connectivity index (χ4v) is 1.73. The summed E-state index contributed by atoms with van der Waals surface area (Å²) in [5.41, 5.74) is -1.34. The largest absolute Gasteiger partial charge is 0.480 e. The highest BCUT2D eigenvalue weighted by molar-refractivity contribution is 5.87. The Balaban J connectivity index is 4.75. The standard InChI is InChI=1S/C13H24N2O5/c1-5-8-13(4,11(17)18)14-12(19)15(6-2)9-10(16)20-7-3/h5-9H2,1-4H3,(H,14,19)(H,17,18). The summed E-state index contributed by atoms with van der Waals surface area (Å²) in [5, 5.41) is 11.7. The summed E-state index contributed by atoms with van der Waals surface area (Å²) >= 11 is 0. The Morgan fingerprint density at radius 1 is 1.25 bits per heavy atom. The average Bonchev–Trinajstić information content (AvgIpc) is 2.36. The summed E-state index contributed by atoms with van der Waals surface area (Å²) in [4.78, 5) is 35.9. The number of hydrogen-bond acceptors (Lipinski definition) is 4. The number of amides is 2. The fourth-order valence-electron chi connectivity index (χ4n) is 1.73. The highest BCUT2D eigenvalue weighted by atomic mass is 16.5. The Kier molecular flexibility index (Phi) is 7.64. The Labute approximate surface area is 119 Å². The maximum atomic E-state index is 12.1. The summed E-state index contributed by atoms with van der Waals surface area (Å²) in [6.07, 6.45) is 0.929. The van der Waals surface area contributed by atoms with Crippen molar-refractivity contribution < 1.29 is 24.2 Å². The summed E-state index contributed by atoms with van der Waals surface area (Å²) in [6, 6.07) is -0.584. The van der Waals surface area contributed by atoms with Crippen LogP contribution in [-0.4, -0.2) is 53.2 Å². The number of hydrogen-bond donors (Lipinski definition) is 2. The SMILES string of the molecule is CCCC(C)(NC(=O)N(CC)CC(=O)OCC)C(=O)O. The van der Waals surface area contributed by atoms with E-state index in [1.165, 1.54) is 11.8 Å². The summed E-state index contributed by atoms with van der Waals surface area (Å²) in [5.74, 6) is -1.61. The van der Waals surface area contributed by atoms with Gasteiger partial charge in [-0.3, -0.25) is 4.79 Å². The lowest BCUT2D eigenvalue weighted by atomic mass is 9.96. The maximum Gasteiger partial charge on any atom is 0.329 e. The lowest BCUT2D eigenvalue weighted by molar-refractivity contribution is -0.144. The van der Waals surface area contributed by atoms with E-state index in [4.69, 9.17) is 4.74 Å². The zero-order valence-corrected chi connectivity index (χ0v) is 12.6. The molecule has 1 unspecified atom stereocenters. The molecule has 1 atom stereocenters. The molecule has 0 aliphatic carbocycles. The number of nitrogens with one attached hydrogen (secondary N) is 1. The Morgan fingerprint density at radius 3 is 2.25 bits per heavy atom. The molecular formula is C13H24N2O5. The number of aliphatic carboxylic acids is 1. The number of carboxylic acids is 1. The predicted molar refractivity (Wildman–Crippen MR) is 73.4 cm³/mol. The summed E-state index contributed by atoms with van der Waals surface area (Å²) in [7, 11) is 0. The van der Waals surface area contributed by atoms with Crippen LogP contribution in [0.1, 0.15) is 40.5 Å². The first kappa shape index (κ1) is 18.2. The molecule has 0 rings (SSSR count). The van der Waals surface area contributed by atoms with Crippen LogP contribution in [0.2, 0.25) is 0 Å². The minimum absolute atomic E-state index is 0.196. The van der Waals surface area contributed by atoms with Crippen molar-refractivity contribution in [3.05, 3.63) is 0 Å². The van der Waals surface area contributed by atoms with Crippen molar-refractivity contribution in [3.63, 3.8) is 0 Å². The lowest BCUT2D eigenvalue weighted by Crippen LogP contribution is -2.56. The second kappa shape index (κ2) is 8.39. The van der Waals surface area contributed by atoms with Crippen molar-refractivity contribution in [2.45, 2.75) is 46.1 Å². The van der Waals surface area contributed by atoms with Crippen molar-refractivity contribution in [2.24, 2.45) is 0 Å². The number of rotatable bonds is 8. The van der Waals surface area contributed by atoms with Gasteiger partial charge >= 0.3 is 18.0 Å². The third-order valence-corrected chi connectivity index (χ3v) is 2.90. The molecule has 116 valence electrons. The molecule has 0 radical (unpaired) electrons. The molecule has 2 N–H and O–H groups in total. The van der Waals surface area contributed by atoms with Crippen LogP contribution in [0.4, 0.5) is 4.79 Å². The van der Waals surface area contributed by atoms with E-state index in [0.717, 1.165) is 0 Å². The normalized spacial score (nSPS) is 13.2. The monoisotopic (exact) mass is 288 g/mol. The van der Waals surface area contributed by atoms with Crippen molar-refractivity contribution in [2.75, 3.05) is 19.7 Å². The summed E-state index contributed by atoms with van der Waals surface area (Å²) < 4.78 is 4.77. The van der Waals surface area contributed by atoms with Gasteiger partial charge in [-0.05, 0) is 27.2 Å². The molecule has 0 heterocycles. The Morgan fingerprint density at radius 2 is 1.85 bits per heavy atom. The van der Waals surface area contributed by atoms with Crippen molar-refractivity contribution in [1.29, 1.82) is 0 Å². The highest BCUT2D eigenvalue weighted by Crippen LogP contribution is 2.13. The number of ether oxygens (including phenoxy) is 1. The maximum absolute atomic E-state index is 12.1. The molecule has 7 nitrogen and oxygen atoms in total. The van der Waals surface area contributed by atoms with Gasteiger partial charge < -0.3 is 20.1 Å². The van der Waals surface area contributed by atoms with Gasteiger partial charge in [-0.25, -0.2) is 9.59 Å². The van der Waals surface area contributed by atoms with Crippen LogP contribution < -0.4 is 5.32 Å². The van der Waals surface area contributed by atoms with Crippen molar-refractivity contribution in [3.8, 4) is 0 Å². The minimum atomic E-state index is -1.34. The van der Waals surface area contributed by atoms with Gasteiger partial charge in [-0.1, -0.05) is 13.3 Å². The van der Waals surface area contributed by atoms with E-state index in [1.807, 2.05) is 6.92 Å². The zero-order valence-electron chi connectivity index (χ0n) is 12.6. The van der Waals surface area contributed by atoms with E-state index in [2.05, 4.69) is 5.32 Å². The first-order valence-electron chi connectivity index (χ1n) is 6.76. The molecule has 0 spiro atoms. The third kappa shape index (κ3) is 5.46. The zero-order chi connectivity index (χ0) is 15.8. The topological polar surface area (TPSA) is 95.9 Å². The quantitative estimate of drug-likeness (QED) is 0.655. The van der Waals surface area contributed by atoms with Gasteiger partial charge in [0.1, 0.15) is 12.1 Å². The van der Waals surface area contributed by atoms with E-state index in [9.17, 15) is 19.5 Å². The molecule has 0 saturated heterocycles. The van der Waals surface area contributed by atoms with E-state index < -0.39 is 23.5 Å². The van der Waals surface area contributed by atoms with Crippen LogP contribution >= 0.6 is 0 Å². The number of nitrogens with zero attached hydrogens (tertiary/aromatic N) is 1. The Hall–Kier alpha value is -1.79. The van der Waals surface area contributed by atoms with Crippen LogP contribution in [0.3, 0.4) is 0 Å². The van der Waals surface area contributed by atoms with Crippen LogP contribution in [0.5, 0.6) is 0 Å². The average molecular weight is 288 g/mol. The van der Waals surface area contributed by atoms with Crippen LogP contribution in [0, 0.1) is 0 Å². The van der Waals surface area contributed by atoms with Gasteiger partial charge in [-0.15, -0.1) is 0 Å². The molecule has 0 bridgehead atoms. The molecule has 0 aliphatic rings. The predicted octanol–water partition coefficient (Wildman–Crippen LogP) is 1.22. The molecule has 2 amide bonds. The number of carbonyl (C=O) groups excluding carboxylic acids is 2. The van der Waals surface area contributed by atoms with Gasteiger partial charge in [0.15, 0.2) is 0 Å². The van der Waals surface area contributed by atoms with Gasteiger partial charge in [0.2, 0.25) is 0 Å². The van der Waals surface area contributed by atoms with Gasteiger partial charge in [-0.2, -0.15) is 0 Å². The fraction of sp³-hybridized carbons (Fsp3) is 0.769. The van der Waals surface area contributed by atoms with E-state index >= 15 is 0 Å². The van der Waals surface area contributed by atoms with Gasteiger partial charge in [0, 0.05) is 6.54 Å². The first-order chi connectivity index (χ1) is 9.30. The van der Waals surface area contributed by atoms with Gasteiger partial charge in [0.05, 0.1) is 6.61 Å². The molecule has 20 heavy (non-hydrogen) atoms. The second-order valence-corrected chi connectivity index (χ2v) is 4.64. The molecule has 0 saturated carbocycles. The number of esters is 1. The molecule has 0 fully saturated rings. The number of carboxylic acid groups (broad SMARTS) is 1. The highest BCUT2D eigenvalue weighted by Gasteiger charge is 2.35. The third-order valence-electron chi connectivity index (χ3n) is 2.90.